The summed E-state index contributed by atoms with van der Waals surface area (Å²) in [6, 6.07) is 0.224. The first kappa shape index (κ1) is 20.3. The second-order valence-corrected chi connectivity index (χ2v) is 5.80. The summed E-state index contributed by atoms with van der Waals surface area (Å²) in [5, 5.41) is 3.28. The predicted octanol–water partition coefficient (Wildman–Crippen LogP) is 2.53. The second-order valence-electron chi connectivity index (χ2n) is 5.80. The van der Waals surface area contributed by atoms with Crippen molar-refractivity contribution in [1.29, 1.82) is 0 Å². The molecule has 0 rings (SSSR count). The normalized spacial score (nSPS) is 14.2. The fourth-order valence-corrected chi connectivity index (χ4v) is 2.19. The number of hydrogen-bond donors (Lipinski definition) is 1. The van der Waals surface area contributed by atoms with Crippen LogP contribution >= 0.6 is 0 Å². The van der Waals surface area contributed by atoms with E-state index in [1.165, 1.54) is 7.11 Å². The highest BCUT2D eigenvalue weighted by molar-refractivity contribution is 5.80. The van der Waals surface area contributed by atoms with Gasteiger partial charge in [0.2, 0.25) is 0 Å². The van der Waals surface area contributed by atoms with Crippen LogP contribution in [0.1, 0.15) is 53.4 Å². The third-order valence-corrected chi connectivity index (χ3v) is 3.22. The van der Waals surface area contributed by atoms with E-state index in [-0.39, 0.29) is 12.0 Å². The second kappa shape index (κ2) is 12.0. The van der Waals surface area contributed by atoms with Gasteiger partial charge in [0.1, 0.15) is 5.54 Å². The van der Waals surface area contributed by atoms with E-state index in [4.69, 9.17) is 14.2 Å². The number of esters is 1. The lowest BCUT2D eigenvalue weighted by Crippen LogP contribution is -2.53. The minimum absolute atomic E-state index is 0.223. The van der Waals surface area contributed by atoms with Crippen LogP contribution in [0.25, 0.3) is 0 Å². The molecule has 0 aliphatic heterocycles. The fraction of sp³-hybridized carbons (Fsp3) is 0.938. The van der Waals surface area contributed by atoms with Gasteiger partial charge in [0.05, 0.1) is 20.3 Å². The Kier molecular flexibility index (Phi) is 11.6. The lowest BCUT2D eigenvalue weighted by Gasteiger charge is -2.30. The highest BCUT2D eigenvalue weighted by Gasteiger charge is 2.33. The zero-order valence-electron chi connectivity index (χ0n) is 14.4. The number of ether oxygens (including phenoxy) is 3. The highest BCUT2D eigenvalue weighted by Crippen LogP contribution is 2.15. The third-order valence-electron chi connectivity index (χ3n) is 3.22. The Morgan fingerprint density at radius 2 is 1.67 bits per heavy atom. The summed E-state index contributed by atoms with van der Waals surface area (Å²) in [5.74, 6) is -0.223. The van der Waals surface area contributed by atoms with Crippen LogP contribution in [-0.4, -0.2) is 51.1 Å². The number of nitrogens with one attached hydrogen (secondary N) is 1. The van der Waals surface area contributed by atoms with Crippen LogP contribution in [0.2, 0.25) is 0 Å². The summed E-state index contributed by atoms with van der Waals surface area (Å²) in [7, 11) is 1.42. The first-order chi connectivity index (χ1) is 9.96. The number of rotatable bonds is 13. The van der Waals surface area contributed by atoms with Crippen molar-refractivity contribution in [2.24, 2.45) is 0 Å². The molecule has 0 spiro atoms. The SMILES string of the molecule is CCCCOCCOCCCC(C)(NC(C)C)C(=O)OC. The smallest absolute Gasteiger partial charge is 0.325 e. The van der Waals surface area contributed by atoms with Crippen molar-refractivity contribution in [3.05, 3.63) is 0 Å². The van der Waals surface area contributed by atoms with Gasteiger partial charge in [-0.3, -0.25) is 10.1 Å². The number of carbonyl (C=O) groups excluding carboxylic acids is 1. The summed E-state index contributed by atoms with van der Waals surface area (Å²) in [6.45, 7) is 10.7. The van der Waals surface area contributed by atoms with Crippen LogP contribution < -0.4 is 5.32 Å². The molecule has 1 N–H and O–H groups in total. The molecule has 0 aromatic heterocycles. The van der Waals surface area contributed by atoms with Crippen molar-refractivity contribution in [1.82, 2.24) is 5.32 Å². The summed E-state index contributed by atoms with van der Waals surface area (Å²) in [6.07, 6.45) is 3.74. The Morgan fingerprint density at radius 3 is 2.14 bits per heavy atom. The van der Waals surface area contributed by atoms with E-state index in [1.807, 2.05) is 20.8 Å². The molecule has 0 bridgehead atoms. The van der Waals surface area contributed by atoms with Crippen molar-refractivity contribution in [2.75, 3.05) is 33.5 Å². The molecule has 0 aromatic carbocycles. The van der Waals surface area contributed by atoms with E-state index in [2.05, 4.69) is 12.2 Å². The van der Waals surface area contributed by atoms with Gasteiger partial charge >= 0.3 is 5.97 Å². The van der Waals surface area contributed by atoms with Gasteiger partial charge in [-0.1, -0.05) is 13.3 Å². The number of hydrogen-bond acceptors (Lipinski definition) is 5. The highest BCUT2D eigenvalue weighted by atomic mass is 16.5. The van der Waals surface area contributed by atoms with Crippen LogP contribution in [0, 0.1) is 0 Å². The standard InChI is InChI=1S/C16H33NO4/c1-6-7-10-20-12-13-21-11-8-9-16(4,15(18)19-5)17-14(2)3/h14,17H,6-13H2,1-5H3. The van der Waals surface area contributed by atoms with Crippen molar-refractivity contribution in [2.45, 2.75) is 65.0 Å². The molecular formula is C16H33NO4. The molecule has 0 heterocycles. The van der Waals surface area contributed by atoms with Gasteiger partial charge in [-0.05, 0) is 40.0 Å². The van der Waals surface area contributed by atoms with Crippen molar-refractivity contribution in [3.63, 3.8) is 0 Å². The molecule has 21 heavy (non-hydrogen) atoms. The lowest BCUT2D eigenvalue weighted by molar-refractivity contribution is -0.148. The first-order valence-corrected chi connectivity index (χ1v) is 7.98. The zero-order valence-corrected chi connectivity index (χ0v) is 14.4. The minimum Gasteiger partial charge on any atom is -0.468 e. The Balaban J connectivity index is 3.81. The first-order valence-electron chi connectivity index (χ1n) is 7.98. The molecule has 126 valence electrons. The summed E-state index contributed by atoms with van der Waals surface area (Å²) >= 11 is 0. The van der Waals surface area contributed by atoms with Crippen molar-refractivity contribution in [3.8, 4) is 0 Å². The Hall–Kier alpha value is -0.650. The maximum Gasteiger partial charge on any atom is 0.325 e. The Bertz CT molecular complexity index is 271. The van der Waals surface area contributed by atoms with Gasteiger partial charge in [0.25, 0.3) is 0 Å². The fourth-order valence-electron chi connectivity index (χ4n) is 2.19. The molecule has 5 heteroatoms. The van der Waals surface area contributed by atoms with E-state index in [0.717, 1.165) is 25.9 Å². The van der Waals surface area contributed by atoms with E-state index in [9.17, 15) is 4.79 Å². The third kappa shape index (κ3) is 9.82. The van der Waals surface area contributed by atoms with Crippen molar-refractivity contribution >= 4 is 5.97 Å². The molecule has 1 unspecified atom stereocenters. The minimum atomic E-state index is -0.649. The predicted molar refractivity (Wildman–Crippen MR) is 84.5 cm³/mol. The molecule has 0 aliphatic rings. The van der Waals surface area contributed by atoms with Gasteiger partial charge in [-0.25, -0.2) is 0 Å². The van der Waals surface area contributed by atoms with Crippen molar-refractivity contribution < 1.29 is 19.0 Å². The molecule has 0 fully saturated rings. The average molecular weight is 303 g/mol. The molecule has 0 aliphatic carbocycles. The monoisotopic (exact) mass is 303 g/mol. The van der Waals surface area contributed by atoms with Crippen LogP contribution in [0.5, 0.6) is 0 Å². The maximum absolute atomic E-state index is 11.9. The summed E-state index contributed by atoms with van der Waals surface area (Å²) in [5.41, 5.74) is -0.649. The zero-order chi connectivity index (χ0) is 16.1. The average Bonchev–Trinajstić information content (AvgIpc) is 2.43. The van der Waals surface area contributed by atoms with E-state index < -0.39 is 5.54 Å². The van der Waals surface area contributed by atoms with Gasteiger partial charge in [0, 0.05) is 19.3 Å². The van der Waals surface area contributed by atoms with Crippen LogP contribution in [0.15, 0.2) is 0 Å². The molecule has 0 aromatic rings. The van der Waals surface area contributed by atoms with Gasteiger partial charge in [-0.2, -0.15) is 0 Å². The van der Waals surface area contributed by atoms with Crippen LogP contribution in [0.4, 0.5) is 0 Å². The van der Waals surface area contributed by atoms with E-state index in [0.29, 0.717) is 26.2 Å². The van der Waals surface area contributed by atoms with E-state index >= 15 is 0 Å². The molecule has 5 nitrogen and oxygen atoms in total. The largest absolute Gasteiger partial charge is 0.468 e. The quantitative estimate of drug-likeness (QED) is 0.418. The molecule has 0 radical (unpaired) electrons. The topological polar surface area (TPSA) is 56.8 Å². The maximum atomic E-state index is 11.9. The van der Waals surface area contributed by atoms with Gasteiger partial charge in [0.15, 0.2) is 0 Å². The van der Waals surface area contributed by atoms with Crippen LogP contribution in [0.3, 0.4) is 0 Å². The molecular weight excluding hydrogens is 270 g/mol. The Morgan fingerprint density at radius 1 is 1.10 bits per heavy atom. The van der Waals surface area contributed by atoms with Gasteiger partial charge in [-0.15, -0.1) is 0 Å². The number of unbranched alkanes of at least 4 members (excludes halogenated alkanes) is 1. The molecule has 0 saturated carbocycles. The number of methoxy groups -OCH3 is 1. The number of carbonyl (C=O) groups is 1. The summed E-state index contributed by atoms with van der Waals surface area (Å²) in [4.78, 5) is 11.9. The Labute approximate surface area is 129 Å². The molecule has 0 amide bonds. The summed E-state index contributed by atoms with van der Waals surface area (Å²) < 4.78 is 15.8. The molecule has 1 atom stereocenters. The molecule has 0 saturated heterocycles. The van der Waals surface area contributed by atoms with Crippen LogP contribution in [-0.2, 0) is 19.0 Å². The van der Waals surface area contributed by atoms with Gasteiger partial charge < -0.3 is 14.2 Å². The lowest BCUT2D eigenvalue weighted by atomic mass is 9.95. The van der Waals surface area contributed by atoms with E-state index in [1.54, 1.807) is 0 Å².